The first-order chi connectivity index (χ1) is 9.86. The van der Waals surface area contributed by atoms with Gasteiger partial charge < -0.3 is 5.32 Å². The van der Waals surface area contributed by atoms with Crippen LogP contribution in [0.4, 0.5) is 0 Å². The second kappa shape index (κ2) is 4.86. The van der Waals surface area contributed by atoms with Crippen LogP contribution in [0.25, 0.3) is 0 Å². The van der Waals surface area contributed by atoms with E-state index < -0.39 is 0 Å². The summed E-state index contributed by atoms with van der Waals surface area (Å²) in [7, 11) is 2.03. The maximum Gasteiger partial charge on any atom is 0.209 e. The lowest BCUT2D eigenvalue weighted by Crippen LogP contribution is -2.23. The molecule has 2 aromatic rings. The number of thioether (sulfide) groups is 1. The van der Waals surface area contributed by atoms with Crippen molar-refractivity contribution in [3.8, 4) is 0 Å². The Morgan fingerprint density at radius 1 is 1.30 bits per heavy atom. The van der Waals surface area contributed by atoms with Gasteiger partial charge in [0.25, 0.3) is 0 Å². The van der Waals surface area contributed by atoms with Gasteiger partial charge in [-0.2, -0.15) is 0 Å². The predicted octanol–water partition coefficient (Wildman–Crippen LogP) is 1.99. The van der Waals surface area contributed by atoms with E-state index in [-0.39, 0.29) is 0 Å². The number of nitrogens with zero attached hydrogens (tertiary/aromatic N) is 4. The molecule has 104 valence electrons. The lowest BCUT2D eigenvalue weighted by atomic mass is 10.1. The molecule has 2 aliphatic carbocycles. The van der Waals surface area contributed by atoms with E-state index in [1.807, 2.05) is 11.7 Å². The monoisotopic (exact) mass is 287 g/mol. The summed E-state index contributed by atoms with van der Waals surface area (Å²) in [5.74, 6) is 0. The quantitative estimate of drug-likeness (QED) is 0.932. The highest BCUT2D eigenvalue weighted by Crippen LogP contribution is 2.43. The van der Waals surface area contributed by atoms with Crippen molar-refractivity contribution in [2.75, 3.05) is 7.05 Å². The van der Waals surface area contributed by atoms with Crippen molar-refractivity contribution in [2.45, 2.75) is 41.8 Å². The van der Waals surface area contributed by atoms with Crippen LogP contribution in [-0.2, 0) is 6.42 Å². The zero-order chi connectivity index (χ0) is 13.5. The molecular weight excluding hydrogens is 270 g/mol. The Morgan fingerprint density at radius 2 is 2.15 bits per heavy atom. The van der Waals surface area contributed by atoms with E-state index in [9.17, 15) is 0 Å². The van der Waals surface area contributed by atoms with Crippen LogP contribution in [0, 0.1) is 0 Å². The maximum absolute atomic E-state index is 4.21. The van der Waals surface area contributed by atoms with E-state index in [0.717, 1.165) is 11.6 Å². The molecule has 0 radical (unpaired) electrons. The van der Waals surface area contributed by atoms with Gasteiger partial charge in [0.15, 0.2) is 0 Å². The summed E-state index contributed by atoms with van der Waals surface area (Å²) in [5.41, 5.74) is 2.85. The van der Waals surface area contributed by atoms with Crippen LogP contribution in [0.5, 0.6) is 0 Å². The van der Waals surface area contributed by atoms with E-state index in [1.54, 1.807) is 11.8 Å². The number of fused-ring (bicyclic) bond motifs is 1. The average molecular weight is 287 g/mol. The third-order valence-electron chi connectivity index (χ3n) is 4.11. The molecule has 0 saturated heterocycles. The molecule has 1 aromatic heterocycles. The number of benzene rings is 1. The lowest BCUT2D eigenvalue weighted by molar-refractivity contribution is 0.559. The van der Waals surface area contributed by atoms with E-state index in [0.29, 0.717) is 17.3 Å². The maximum atomic E-state index is 4.21. The fourth-order valence-electron chi connectivity index (χ4n) is 2.96. The third kappa shape index (κ3) is 2.03. The van der Waals surface area contributed by atoms with Crippen molar-refractivity contribution in [1.82, 2.24) is 25.5 Å². The van der Waals surface area contributed by atoms with Gasteiger partial charge in [-0.05, 0) is 47.9 Å². The number of nitrogens with one attached hydrogen (secondary N) is 1. The predicted molar refractivity (Wildman–Crippen MR) is 77.7 cm³/mol. The fourth-order valence-corrected chi connectivity index (χ4v) is 4.29. The zero-order valence-corrected chi connectivity index (χ0v) is 12.2. The summed E-state index contributed by atoms with van der Waals surface area (Å²) in [4.78, 5) is 0. The van der Waals surface area contributed by atoms with Crippen molar-refractivity contribution in [1.29, 1.82) is 0 Å². The topological polar surface area (TPSA) is 55.6 Å². The van der Waals surface area contributed by atoms with Crippen LogP contribution in [0.1, 0.15) is 36.1 Å². The molecule has 2 atom stereocenters. The minimum absolute atomic E-state index is 0.376. The molecule has 4 rings (SSSR count). The van der Waals surface area contributed by atoms with Crippen LogP contribution < -0.4 is 5.32 Å². The number of rotatable bonds is 4. The molecule has 1 aromatic carbocycles. The third-order valence-corrected chi connectivity index (χ3v) is 5.33. The van der Waals surface area contributed by atoms with Gasteiger partial charge in [0.05, 0.1) is 6.04 Å². The van der Waals surface area contributed by atoms with E-state index in [4.69, 9.17) is 0 Å². The summed E-state index contributed by atoms with van der Waals surface area (Å²) < 4.78 is 2.00. The minimum atomic E-state index is 0.376. The van der Waals surface area contributed by atoms with Gasteiger partial charge in [0.2, 0.25) is 5.16 Å². The summed E-state index contributed by atoms with van der Waals surface area (Å²) in [5, 5.41) is 17.1. The first kappa shape index (κ1) is 12.3. The molecule has 20 heavy (non-hydrogen) atoms. The number of aromatic nitrogens is 4. The molecule has 2 aliphatic rings. The summed E-state index contributed by atoms with van der Waals surface area (Å²) in [6, 6.07) is 9.59. The highest BCUT2D eigenvalue weighted by atomic mass is 32.2. The van der Waals surface area contributed by atoms with Crippen LogP contribution in [0.2, 0.25) is 0 Å². The standard InChI is InChI=1S/C14H17N5S/c1-15-13-11-5-3-2-4-9(11)8-12(13)20-14-16-17-18-19(14)10-6-7-10/h2-5,10,12-13,15H,6-8H2,1H3. The van der Waals surface area contributed by atoms with Crippen LogP contribution in [0.3, 0.4) is 0 Å². The van der Waals surface area contributed by atoms with Gasteiger partial charge in [-0.1, -0.05) is 36.0 Å². The van der Waals surface area contributed by atoms with E-state index in [1.165, 1.54) is 24.0 Å². The van der Waals surface area contributed by atoms with Gasteiger partial charge in [-0.3, -0.25) is 0 Å². The van der Waals surface area contributed by atoms with Crippen LogP contribution in [-0.4, -0.2) is 32.5 Å². The number of hydrogen-bond acceptors (Lipinski definition) is 5. The van der Waals surface area contributed by atoms with E-state index >= 15 is 0 Å². The Bertz CT molecular complexity index is 622. The Kier molecular flexibility index (Phi) is 3.00. The van der Waals surface area contributed by atoms with Crippen molar-refractivity contribution in [2.24, 2.45) is 0 Å². The molecule has 1 saturated carbocycles. The molecule has 6 heteroatoms. The molecule has 1 N–H and O–H groups in total. The lowest BCUT2D eigenvalue weighted by Gasteiger charge is -2.18. The van der Waals surface area contributed by atoms with Crippen molar-refractivity contribution < 1.29 is 0 Å². The van der Waals surface area contributed by atoms with Gasteiger partial charge in [0.1, 0.15) is 0 Å². The van der Waals surface area contributed by atoms with Gasteiger partial charge in [-0.25, -0.2) is 4.68 Å². The second-order valence-corrected chi connectivity index (χ2v) is 6.67. The van der Waals surface area contributed by atoms with E-state index in [2.05, 4.69) is 45.1 Å². The minimum Gasteiger partial charge on any atom is -0.312 e. The van der Waals surface area contributed by atoms with Gasteiger partial charge >= 0.3 is 0 Å². The zero-order valence-electron chi connectivity index (χ0n) is 11.4. The summed E-state index contributed by atoms with van der Waals surface area (Å²) in [6.07, 6.45) is 3.49. The normalized spacial score (nSPS) is 24.9. The average Bonchev–Trinajstić information content (AvgIpc) is 3.10. The number of tetrazole rings is 1. The number of hydrogen-bond donors (Lipinski definition) is 1. The first-order valence-electron chi connectivity index (χ1n) is 7.06. The molecule has 0 aliphatic heterocycles. The molecular formula is C14H17N5S. The van der Waals surface area contributed by atoms with Crippen LogP contribution >= 0.6 is 11.8 Å². The van der Waals surface area contributed by atoms with Gasteiger partial charge in [0, 0.05) is 11.3 Å². The highest BCUT2D eigenvalue weighted by molar-refractivity contribution is 7.99. The first-order valence-corrected chi connectivity index (χ1v) is 7.94. The molecule has 0 amide bonds. The molecule has 1 fully saturated rings. The van der Waals surface area contributed by atoms with Crippen LogP contribution in [0.15, 0.2) is 29.4 Å². The van der Waals surface area contributed by atoms with Crippen molar-refractivity contribution >= 4 is 11.8 Å². The molecule has 0 spiro atoms. The fraction of sp³-hybridized carbons (Fsp3) is 0.500. The Morgan fingerprint density at radius 3 is 2.95 bits per heavy atom. The Hall–Kier alpha value is -1.40. The second-order valence-electron chi connectivity index (χ2n) is 5.46. The molecule has 0 bridgehead atoms. The molecule has 5 nitrogen and oxygen atoms in total. The summed E-state index contributed by atoms with van der Waals surface area (Å²) in [6.45, 7) is 0. The summed E-state index contributed by atoms with van der Waals surface area (Å²) >= 11 is 1.81. The van der Waals surface area contributed by atoms with Crippen molar-refractivity contribution in [3.63, 3.8) is 0 Å². The SMILES string of the molecule is CNC1c2ccccc2CC1Sc1nnnn1C1CC1. The van der Waals surface area contributed by atoms with Gasteiger partial charge in [-0.15, -0.1) is 5.10 Å². The highest BCUT2D eigenvalue weighted by Gasteiger charge is 2.35. The molecule has 1 heterocycles. The Labute approximate surface area is 122 Å². The Balaban J connectivity index is 1.59. The largest absolute Gasteiger partial charge is 0.312 e. The van der Waals surface area contributed by atoms with Crippen molar-refractivity contribution in [3.05, 3.63) is 35.4 Å². The smallest absolute Gasteiger partial charge is 0.209 e. The molecule has 2 unspecified atom stereocenters.